The first-order chi connectivity index (χ1) is 19.0. The van der Waals surface area contributed by atoms with Crippen LogP contribution in [0, 0.1) is 20.8 Å². The molecular weight excluding hydrogens is 543 g/mol. The minimum atomic E-state index is -4.48. The van der Waals surface area contributed by atoms with E-state index in [-0.39, 0.29) is 12.0 Å². The monoisotopic (exact) mass is 567 g/mol. The molecule has 206 valence electrons. The van der Waals surface area contributed by atoms with E-state index in [1.165, 1.54) is 7.11 Å². The molecule has 2 aromatic carbocycles. The van der Waals surface area contributed by atoms with Crippen molar-refractivity contribution in [1.82, 2.24) is 14.8 Å². The molecule has 1 aliphatic rings. The number of aromatic nitrogens is 3. The molecule has 4 aromatic rings. The number of carbonyl (C=O) groups excluding carboxylic acids is 2. The maximum Gasteiger partial charge on any atom is 0.416 e. The van der Waals surface area contributed by atoms with E-state index >= 15 is 0 Å². The van der Waals surface area contributed by atoms with Gasteiger partial charge in [-0.2, -0.15) is 13.2 Å². The maximum absolute atomic E-state index is 12.8. The number of nitrogens with zero attached hydrogens (tertiary/aromatic N) is 4. The lowest BCUT2D eigenvalue weighted by Crippen LogP contribution is -2.13. The third-order valence-corrected chi connectivity index (χ3v) is 7.91. The number of halogens is 3. The van der Waals surface area contributed by atoms with Gasteiger partial charge in [0.15, 0.2) is 5.82 Å². The number of rotatable bonds is 5. The summed E-state index contributed by atoms with van der Waals surface area (Å²) in [6, 6.07) is 10.4. The number of aryl methyl sites for hydroxylation is 2. The van der Waals surface area contributed by atoms with Gasteiger partial charge >= 0.3 is 12.1 Å². The molecule has 3 heterocycles. The average Bonchev–Trinajstić information content (AvgIpc) is 3.40. The maximum atomic E-state index is 12.8. The predicted molar refractivity (Wildman–Crippen MR) is 144 cm³/mol. The van der Waals surface area contributed by atoms with Gasteiger partial charge in [0.1, 0.15) is 16.9 Å². The Kier molecular flexibility index (Phi) is 7.05. The Morgan fingerprint density at radius 2 is 1.70 bits per heavy atom. The van der Waals surface area contributed by atoms with Gasteiger partial charge in [0.05, 0.1) is 24.8 Å². The molecule has 1 aliphatic heterocycles. The number of ether oxygens (including phenoxy) is 1. The Morgan fingerprint density at radius 3 is 2.33 bits per heavy atom. The fraction of sp³-hybridized carbons (Fsp3) is 0.250. The van der Waals surface area contributed by atoms with Gasteiger partial charge in [0.2, 0.25) is 0 Å². The third kappa shape index (κ3) is 5.02. The minimum absolute atomic E-state index is 0.0215. The lowest BCUT2D eigenvalue weighted by Gasteiger charge is -2.12. The molecule has 40 heavy (non-hydrogen) atoms. The predicted octanol–water partition coefficient (Wildman–Crippen LogP) is 5.98. The second-order valence-electron chi connectivity index (χ2n) is 9.28. The zero-order valence-corrected chi connectivity index (χ0v) is 22.8. The van der Waals surface area contributed by atoms with Crippen molar-refractivity contribution in [2.75, 3.05) is 12.4 Å². The highest BCUT2D eigenvalue weighted by molar-refractivity contribution is 7.15. The first kappa shape index (κ1) is 27.3. The van der Waals surface area contributed by atoms with E-state index in [0.29, 0.717) is 23.0 Å². The van der Waals surface area contributed by atoms with E-state index in [2.05, 4.69) is 15.5 Å². The number of amides is 1. The summed E-state index contributed by atoms with van der Waals surface area (Å²) >= 11 is 1.59. The average molecular weight is 568 g/mol. The molecule has 0 saturated carbocycles. The SMILES string of the molecule is COC(=O)C[C@@H]1N=C(c2ccc(NC(=O)c3ccc(C(F)(F)F)cc3)cc2)c2c(sc(C)c2C)-n2c(C)nnc21. The quantitative estimate of drug-likeness (QED) is 0.299. The van der Waals surface area contributed by atoms with Crippen LogP contribution in [-0.2, 0) is 15.7 Å². The summed E-state index contributed by atoms with van der Waals surface area (Å²) in [4.78, 5) is 31.0. The molecule has 1 N–H and O–H groups in total. The molecule has 0 fully saturated rings. The molecule has 1 atom stereocenters. The van der Waals surface area contributed by atoms with Crippen LogP contribution in [0.1, 0.15) is 61.6 Å². The highest BCUT2D eigenvalue weighted by Crippen LogP contribution is 2.39. The van der Waals surface area contributed by atoms with Crippen molar-refractivity contribution in [3.05, 3.63) is 92.9 Å². The molecule has 2 aromatic heterocycles. The van der Waals surface area contributed by atoms with Crippen LogP contribution in [0.25, 0.3) is 5.00 Å². The van der Waals surface area contributed by atoms with Gasteiger partial charge in [0, 0.05) is 27.3 Å². The number of anilines is 1. The number of aliphatic imine (C=N–C) groups is 1. The fourth-order valence-corrected chi connectivity index (χ4v) is 5.71. The zero-order chi connectivity index (χ0) is 28.8. The van der Waals surface area contributed by atoms with Gasteiger partial charge in [-0.25, -0.2) is 0 Å². The number of benzene rings is 2. The first-order valence-electron chi connectivity index (χ1n) is 12.2. The second kappa shape index (κ2) is 10.3. The van der Waals surface area contributed by atoms with Crippen LogP contribution in [0.3, 0.4) is 0 Å². The summed E-state index contributed by atoms with van der Waals surface area (Å²) in [5, 5.41) is 12.2. The van der Waals surface area contributed by atoms with Gasteiger partial charge in [-0.05, 0) is 62.7 Å². The molecule has 0 bridgehead atoms. The van der Waals surface area contributed by atoms with Crippen molar-refractivity contribution in [2.24, 2.45) is 4.99 Å². The molecule has 0 saturated heterocycles. The summed E-state index contributed by atoms with van der Waals surface area (Å²) < 4.78 is 45.4. The number of esters is 1. The molecule has 0 radical (unpaired) electrons. The molecule has 5 rings (SSSR count). The third-order valence-electron chi connectivity index (χ3n) is 6.72. The van der Waals surface area contributed by atoms with Crippen molar-refractivity contribution in [3.63, 3.8) is 0 Å². The molecule has 8 nitrogen and oxygen atoms in total. The topological polar surface area (TPSA) is 98.5 Å². The first-order valence-corrected chi connectivity index (χ1v) is 13.1. The number of fused-ring (bicyclic) bond motifs is 3. The Morgan fingerprint density at radius 1 is 1.02 bits per heavy atom. The van der Waals surface area contributed by atoms with Gasteiger partial charge in [0.25, 0.3) is 5.91 Å². The Hall–Kier alpha value is -4.32. The van der Waals surface area contributed by atoms with E-state index in [0.717, 1.165) is 50.8 Å². The summed E-state index contributed by atoms with van der Waals surface area (Å²) in [5.41, 5.74) is 3.09. The normalized spacial score (nSPS) is 14.6. The van der Waals surface area contributed by atoms with Crippen molar-refractivity contribution < 1.29 is 27.5 Å². The summed E-state index contributed by atoms with van der Waals surface area (Å²) in [6.45, 7) is 5.88. The molecule has 0 spiro atoms. The standard InChI is InChI=1S/C28H24F3N5O3S/c1-14-15(2)40-27-23(14)24(33-21(13-22(37)39-4)25-35-34-16(3)36(25)27)17-7-11-20(12-8-17)32-26(38)18-5-9-19(10-6-18)28(29,30)31/h5-12,21H,13H2,1-4H3,(H,32,38)/t21-/m0/s1. The van der Waals surface area contributed by atoms with Crippen molar-refractivity contribution in [1.29, 1.82) is 0 Å². The summed E-state index contributed by atoms with van der Waals surface area (Å²) in [5.74, 6) is 0.247. The van der Waals surface area contributed by atoms with Crippen LogP contribution in [0.2, 0.25) is 0 Å². The Bertz CT molecular complexity index is 1640. The number of carbonyl (C=O) groups is 2. The van der Waals surface area contributed by atoms with Crippen molar-refractivity contribution in [3.8, 4) is 5.00 Å². The van der Waals surface area contributed by atoms with E-state index in [9.17, 15) is 22.8 Å². The number of hydrogen-bond acceptors (Lipinski definition) is 7. The number of hydrogen-bond donors (Lipinski definition) is 1. The van der Waals surface area contributed by atoms with Crippen LogP contribution in [0.4, 0.5) is 18.9 Å². The lowest BCUT2D eigenvalue weighted by atomic mass is 9.99. The number of alkyl halides is 3. The smallest absolute Gasteiger partial charge is 0.416 e. The number of thiophene rings is 1. The highest BCUT2D eigenvalue weighted by atomic mass is 32.1. The zero-order valence-electron chi connectivity index (χ0n) is 22.0. The minimum Gasteiger partial charge on any atom is -0.469 e. The van der Waals surface area contributed by atoms with Crippen LogP contribution in [-0.4, -0.2) is 39.5 Å². The molecule has 0 unspecified atom stereocenters. The Balaban J connectivity index is 1.49. The molecule has 0 aliphatic carbocycles. The second-order valence-corrected chi connectivity index (χ2v) is 10.5. The molecular formula is C28H24F3N5O3S. The fourth-order valence-electron chi connectivity index (χ4n) is 4.49. The van der Waals surface area contributed by atoms with E-state index in [1.54, 1.807) is 35.6 Å². The van der Waals surface area contributed by atoms with Crippen molar-refractivity contribution >= 4 is 34.6 Å². The van der Waals surface area contributed by atoms with E-state index in [4.69, 9.17) is 9.73 Å². The summed E-state index contributed by atoms with van der Waals surface area (Å²) in [7, 11) is 1.32. The van der Waals surface area contributed by atoms with Crippen molar-refractivity contribution in [2.45, 2.75) is 39.4 Å². The molecule has 12 heteroatoms. The number of methoxy groups -OCH3 is 1. The van der Waals surface area contributed by atoms with Gasteiger partial charge in [-0.15, -0.1) is 21.5 Å². The molecule has 1 amide bonds. The number of nitrogens with one attached hydrogen (secondary N) is 1. The highest BCUT2D eigenvalue weighted by Gasteiger charge is 2.33. The largest absolute Gasteiger partial charge is 0.469 e. The Labute approximate surface area is 231 Å². The van der Waals surface area contributed by atoms with E-state index in [1.807, 2.05) is 25.3 Å². The van der Waals surface area contributed by atoms with Gasteiger partial charge in [-0.3, -0.25) is 19.1 Å². The van der Waals surface area contributed by atoms with Gasteiger partial charge in [-0.1, -0.05) is 12.1 Å². The van der Waals surface area contributed by atoms with Crippen LogP contribution in [0.5, 0.6) is 0 Å². The van der Waals surface area contributed by atoms with Crippen LogP contribution in [0.15, 0.2) is 53.5 Å². The van der Waals surface area contributed by atoms with E-state index < -0.39 is 29.7 Å². The van der Waals surface area contributed by atoms with Gasteiger partial charge < -0.3 is 10.1 Å². The summed E-state index contributed by atoms with van der Waals surface area (Å²) in [6.07, 6.45) is -4.50. The lowest BCUT2D eigenvalue weighted by molar-refractivity contribution is -0.141. The van der Waals surface area contributed by atoms with Crippen LogP contribution < -0.4 is 5.32 Å². The van der Waals surface area contributed by atoms with Crippen LogP contribution >= 0.6 is 11.3 Å².